The van der Waals surface area contributed by atoms with E-state index in [1.54, 1.807) is 12.1 Å². The first kappa shape index (κ1) is 23.7. The van der Waals surface area contributed by atoms with Crippen molar-refractivity contribution in [2.75, 3.05) is 33.0 Å². The molecule has 0 aliphatic carbocycles. The van der Waals surface area contributed by atoms with Gasteiger partial charge in [0.05, 0.1) is 33.0 Å². The zero-order chi connectivity index (χ0) is 22.0. The lowest BCUT2D eigenvalue weighted by molar-refractivity contribution is -0.396. The molecular formula is C18H25N3O8S. The number of ether oxygens (including phenoxy) is 3. The Morgan fingerprint density at radius 3 is 2.53 bits per heavy atom. The van der Waals surface area contributed by atoms with Gasteiger partial charge in [0.15, 0.2) is 0 Å². The van der Waals surface area contributed by atoms with Crippen LogP contribution in [-0.2, 0) is 32.6 Å². The number of rotatable bonds is 14. The van der Waals surface area contributed by atoms with Crippen LogP contribution in [0.25, 0.3) is 0 Å². The second-order valence-corrected chi connectivity index (χ2v) is 7.65. The van der Waals surface area contributed by atoms with Crippen molar-refractivity contribution >= 4 is 16.1 Å². The Hall–Kier alpha value is -2.54. The van der Waals surface area contributed by atoms with Crippen LogP contribution in [0.1, 0.15) is 18.9 Å². The SMILES string of the molecule is CCCc1ccc(S(=O)(=O)O)c(OCCOCCOCCn2ccnc2[N+](=O)[O-])c1. The highest BCUT2D eigenvalue weighted by molar-refractivity contribution is 7.86. The van der Waals surface area contributed by atoms with E-state index in [9.17, 15) is 23.1 Å². The molecule has 166 valence electrons. The monoisotopic (exact) mass is 443 g/mol. The number of benzene rings is 1. The molecular weight excluding hydrogens is 418 g/mol. The Morgan fingerprint density at radius 2 is 1.87 bits per heavy atom. The van der Waals surface area contributed by atoms with Crippen LogP contribution in [0.3, 0.4) is 0 Å². The molecule has 0 saturated heterocycles. The van der Waals surface area contributed by atoms with E-state index in [-0.39, 0.29) is 49.6 Å². The molecule has 30 heavy (non-hydrogen) atoms. The summed E-state index contributed by atoms with van der Waals surface area (Å²) in [6, 6.07) is 4.58. The standard InChI is InChI=1S/C18H25N3O8S/c1-2-3-15-4-5-17(30(24,25)26)16(14-15)29-13-12-28-11-10-27-9-8-20-7-6-19-18(20)21(22)23/h4-7,14H,2-3,8-13H2,1H3,(H,24,25,26). The molecule has 0 fully saturated rings. The number of hydrogen-bond acceptors (Lipinski definition) is 8. The van der Waals surface area contributed by atoms with E-state index in [4.69, 9.17) is 14.2 Å². The first-order chi connectivity index (χ1) is 14.3. The van der Waals surface area contributed by atoms with Crippen LogP contribution in [0.5, 0.6) is 5.75 Å². The van der Waals surface area contributed by atoms with E-state index in [1.807, 2.05) is 6.92 Å². The summed E-state index contributed by atoms with van der Waals surface area (Å²) in [5.74, 6) is -0.149. The Morgan fingerprint density at radius 1 is 1.17 bits per heavy atom. The number of aromatic nitrogens is 2. The summed E-state index contributed by atoms with van der Waals surface area (Å²) >= 11 is 0. The Balaban J connectivity index is 1.67. The van der Waals surface area contributed by atoms with Gasteiger partial charge < -0.3 is 24.3 Å². The Labute approximate surface area is 174 Å². The third-order valence-corrected chi connectivity index (χ3v) is 4.91. The van der Waals surface area contributed by atoms with Crippen molar-refractivity contribution in [3.63, 3.8) is 0 Å². The molecule has 2 rings (SSSR count). The van der Waals surface area contributed by atoms with Crippen LogP contribution in [0.4, 0.5) is 5.95 Å². The van der Waals surface area contributed by atoms with Crippen LogP contribution in [-0.4, -0.2) is 60.5 Å². The number of nitrogens with zero attached hydrogens (tertiary/aromatic N) is 3. The summed E-state index contributed by atoms with van der Waals surface area (Å²) in [5, 5.41) is 10.8. The molecule has 0 saturated carbocycles. The normalized spacial score (nSPS) is 11.5. The van der Waals surface area contributed by atoms with E-state index < -0.39 is 15.0 Å². The van der Waals surface area contributed by atoms with Gasteiger partial charge in [-0.1, -0.05) is 24.4 Å². The van der Waals surface area contributed by atoms with Crippen LogP contribution in [0, 0.1) is 10.1 Å². The lowest BCUT2D eigenvalue weighted by Crippen LogP contribution is -2.14. The lowest BCUT2D eigenvalue weighted by Gasteiger charge is -2.12. The molecule has 2 aromatic rings. The van der Waals surface area contributed by atoms with Crippen LogP contribution in [0.2, 0.25) is 0 Å². The highest BCUT2D eigenvalue weighted by Crippen LogP contribution is 2.25. The van der Waals surface area contributed by atoms with Gasteiger partial charge in [-0.25, -0.2) is 4.57 Å². The maximum Gasteiger partial charge on any atom is 0.434 e. The quantitative estimate of drug-likeness (QED) is 0.201. The summed E-state index contributed by atoms with van der Waals surface area (Å²) in [5.41, 5.74) is 0.910. The van der Waals surface area contributed by atoms with Gasteiger partial charge in [0, 0.05) is 0 Å². The van der Waals surface area contributed by atoms with Crippen LogP contribution >= 0.6 is 0 Å². The predicted molar refractivity (Wildman–Crippen MR) is 106 cm³/mol. The van der Waals surface area contributed by atoms with Crippen molar-refractivity contribution in [3.8, 4) is 5.75 Å². The molecule has 0 bridgehead atoms. The number of hydrogen-bond donors (Lipinski definition) is 1. The van der Waals surface area contributed by atoms with Gasteiger partial charge in [0.1, 0.15) is 29.6 Å². The average molecular weight is 443 g/mol. The Bertz CT molecular complexity index is 929. The van der Waals surface area contributed by atoms with Crippen molar-refractivity contribution in [1.29, 1.82) is 0 Å². The number of nitro groups is 1. The minimum absolute atomic E-state index is 0.0882. The maximum atomic E-state index is 11.5. The van der Waals surface area contributed by atoms with Crippen molar-refractivity contribution < 1.29 is 32.1 Å². The summed E-state index contributed by atoms with van der Waals surface area (Å²) in [6.45, 7) is 3.41. The molecule has 0 atom stereocenters. The van der Waals surface area contributed by atoms with E-state index in [1.165, 1.54) is 23.0 Å². The fourth-order valence-corrected chi connectivity index (χ4v) is 3.28. The fourth-order valence-electron chi connectivity index (χ4n) is 2.67. The molecule has 1 aromatic carbocycles. The molecule has 11 nitrogen and oxygen atoms in total. The highest BCUT2D eigenvalue weighted by Gasteiger charge is 2.17. The van der Waals surface area contributed by atoms with E-state index in [2.05, 4.69) is 4.98 Å². The van der Waals surface area contributed by atoms with E-state index >= 15 is 0 Å². The first-order valence-corrected chi connectivity index (χ1v) is 10.8. The molecule has 1 heterocycles. The number of aryl methyl sites for hydroxylation is 1. The molecule has 1 aromatic heterocycles. The van der Waals surface area contributed by atoms with Gasteiger partial charge in [-0.3, -0.25) is 4.55 Å². The second kappa shape index (κ2) is 11.6. The van der Waals surface area contributed by atoms with Gasteiger partial charge >= 0.3 is 5.95 Å². The second-order valence-electron chi connectivity index (χ2n) is 6.26. The third kappa shape index (κ3) is 7.37. The van der Waals surface area contributed by atoms with Gasteiger partial charge in [-0.15, -0.1) is 0 Å². The van der Waals surface area contributed by atoms with Crippen LogP contribution in [0.15, 0.2) is 35.5 Å². The molecule has 0 amide bonds. The van der Waals surface area contributed by atoms with Crippen molar-refractivity contribution in [2.24, 2.45) is 0 Å². The van der Waals surface area contributed by atoms with E-state index in [0.717, 1.165) is 18.4 Å². The van der Waals surface area contributed by atoms with Gasteiger partial charge in [0.2, 0.25) is 0 Å². The lowest BCUT2D eigenvalue weighted by atomic mass is 10.1. The molecule has 0 aliphatic heterocycles. The van der Waals surface area contributed by atoms with Gasteiger partial charge in [0.25, 0.3) is 10.1 Å². The smallest absolute Gasteiger partial charge is 0.434 e. The first-order valence-electron chi connectivity index (χ1n) is 9.37. The maximum absolute atomic E-state index is 11.5. The minimum Gasteiger partial charge on any atom is -0.490 e. The Kier molecular flexibility index (Phi) is 9.17. The summed E-state index contributed by atoms with van der Waals surface area (Å²) < 4.78 is 49.9. The third-order valence-electron chi connectivity index (χ3n) is 4.02. The number of imidazole rings is 1. The summed E-state index contributed by atoms with van der Waals surface area (Å²) in [6.07, 6.45) is 4.51. The minimum atomic E-state index is -4.38. The zero-order valence-corrected chi connectivity index (χ0v) is 17.4. The fraction of sp³-hybridized carbons (Fsp3) is 0.500. The molecule has 0 unspecified atom stereocenters. The molecule has 0 radical (unpaired) electrons. The molecule has 12 heteroatoms. The molecule has 0 spiro atoms. The molecule has 1 N–H and O–H groups in total. The topological polar surface area (TPSA) is 143 Å². The van der Waals surface area contributed by atoms with Crippen molar-refractivity contribution in [1.82, 2.24) is 9.55 Å². The van der Waals surface area contributed by atoms with Crippen molar-refractivity contribution in [3.05, 3.63) is 46.3 Å². The van der Waals surface area contributed by atoms with Crippen molar-refractivity contribution in [2.45, 2.75) is 31.2 Å². The van der Waals surface area contributed by atoms with Crippen LogP contribution < -0.4 is 4.74 Å². The average Bonchev–Trinajstić information content (AvgIpc) is 3.15. The summed E-state index contributed by atoms with van der Waals surface area (Å²) in [7, 11) is -4.38. The van der Waals surface area contributed by atoms with Gasteiger partial charge in [-0.05, 0) is 29.0 Å². The van der Waals surface area contributed by atoms with E-state index in [0.29, 0.717) is 6.54 Å². The van der Waals surface area contributed by atoms with Gasteiger partial charge in [-0.2, -0.15) is 8.42 Å². The zero-order valence-electron chi connectivity index (χ0n) is 16.6. The largest absolute Gasteiger partial charge is 0.490 e. The summed E-state index contributed by atoms with van der Waals surface area (Å²) in [4.78, 5) is 13.6. The highest BCUT2D eigenvalue weighted by atomic mass is 32.2. The predicted octanol–water partition coefficient (Wildman–Crippen LogP) is 2.10. The molecule has 0 aliphatic rings.